The van der Waals surface area contributed by atoms with E-state index in [1.807, 2.05) is 30.3 Å². The first kappa shape index (κ1) is 11.5. The first-order valence-electron chi connectivity index (χ1n) is 5.71. The maximum atomic E-state index is 4.33. The van der Waals surface area contributed by atoms with Crippen LogP contribution in [0.25, 0.3) is 0 Å². The lowest BCUT2D eigenvalue weighted by molar-refractivity contribution is 1.18. The fraction of sp³-hybridized carbons (Fsp3) is 0.200. The monoisotopic (exact) mass is 224 g/mol. The first-order chi connectivity index (χ1) is 8.16. The van der Waals surface area contributed by atoms with Crippen LogP contribution in [0.4, 0.5) is 11.4 Å². The Morgan fingerprint density at radius 3 is 1.88 bits per heavy atom. The molecule has 0 saturated heterocycles. The van der Waals surface area contributed by atoms with Crippen molar-refractivity contribution in [1.82, 2.24) is 0 Å². The van der Waals surface area contributed by atoms with E-state index in [0.29, 0.717) is 0 Å². The zero-order valence-corrected chi connectivity index (χ0v) is 10.4. The van der Waals surface area contributed by atoms with Crippen LogP contribution in [0.15, 0.2) is 52.7 Å². The normalized spacial score (nSPS) is 11.0. The van der Waals surface area contributed by atoms with Crippen molar-refractivity contribution in [2.75, 3.05) is 0 Å². The van der Waals surface area contributed by atoms with E-state index in [2.05, 4.69) is 43.1 Å². The van der Waals surface area contributed by atoms with Crippen LogP contribution in [-0.4, -0.2) is 0 Å². The molecule has 2 rings (SSSR count). The maximum Gasteiger partial charge on any atom is 0.0915 e. The van der Waals surface area contributed by atoms with E-state index in [4.69, 9.17) is 0 Å². The standard InChI is InChI=1S/C15H16N2/c1-11-7-9-14(10-8-11)16-17-15-12(2)5-4-6-13(15)3/h4-10H,1-3H3. The van der Waals surface area contributed by atoms with Crippen LogP contribution in [0.2, 0.25) is 0 Å². The average molecular weight is 224 g/mol. The molecule has 86 valence electrons. The van der Waals surface area contributed by atoms with Crippen LogP contribution in [0, 0.1) is 20.8 Å². The van der Waals surface area contributed by atoms with Crippen molar-refractivity contribution < 1.29 is 0 Å². The molecule has 0 fully saturated rings. The largest absolute Gasteiger partial charge is 0.151 e. The quantitative estimate of drug-likeness (QED) is 0.639. The Morgan fingerprint density at radius 2 is 1.29 bits per heavy atom. The average Bonchev–Trinajstić information content (AvgIpc) is 2.31. The van der Waals surface area contributed by atoms with Crippen LogP contribution in [0.5, 0.6) is 0 Å². The summed E-state index contributed by atoms with van der Waals surface area (Å²) in [5, 5.41) is 8.59. The Bertz CT molecular complexity index is 519. The molecule has 0 atom stereocenters. The van der Waals surface area contributed by atoms with E-state index >= 15 is 0 Å². The molecule has 2 aromatic rings. The highest BCUT2D eigenvalue weighted by molar-refractivity contribution is 5.51. The van der Waals surface area contributed by atoms with Gasteiger partial charge in [0.1, 0.15) is 0 Å². The Balaban J connectivity index is 2.29. The topological polar surface area (TPSA) is 24.7 Å². The lowest BCUT2D eigenvalue weighted by atomic mass is 10.1. The number of benzene rings is 2. The summed E-state index contributed by atoms with van der Waals surface area (Å²) < 4.78 is 0. The summed E-state index contributed by atoms with van der Waals surface area (Å²) in [5.74, 6) is 0. The minimum Gasteiger partial charge on any atom is -0.151 e. The predicted octanol–water partition coefficient (Wildman–Crippen LogP) is 5.03. The molecule has 0 aromatic heterocycles. The second-order valence-electron chi connectivity index (χ2n) is 4.28. The van der Waals surface area contributed by atoms with Crippen LogP contribution < -0.4 is 0 Å². The molecule has 0 amide bonds. The Labute approximate surface area is 102 Å². The van der Waals surface area contributed by atoms with Gasteiger partial charge in [0.25, 0.3) is 0 Å². The van der Waals surface area contributed by atoms with Gasteiger partial charge >= 0.3 is 0 Å². The molecule has 2 heteroatoms. The molecule has 0 aliphatic rings. The van der Waals surface area contributed by atoms with Gasteiger partial charge in [0.15, 0.2) is 0 Å². The molecule has 0 bridgehead atoms. The van der Waals surface area contributed by atoms with E-state index in [-0.39, 0.29) is 0 Å². The fourth-order valence-electron chi connectivity index (χ4n) is 1.68. The van der Waals surface area contributed by atoms with Crippen molar-refractivity contribution in [1.29, 1.82) is 0 Å². The highest BCUT2D eigenvalue weighted by Gasteiger charge is 1.99. The van der Waals surface area contributed by atoms with Gasteiger partial charge in [-0.3, -0.25) is 0 Å². The smallest absolute Gasteiger partial charge is 0.0915 e. The molecule has 2 nitrogen and oxygen atoms in total. The molecule has 0 heterocycles. The number of aryl methyl sites for hydroxylation is 3. The Kier molecular flexibility index (Phi) is 3.33. The number of hydrogen-bond acceptors (Lipinski definition) is 2. The third-order valence-corrected chi connectivity index (χ3v) is 2.74. The van der Waals surface area contributed by atoms with Gasteiger partial charge in [-0.25, -0.2) is 0 Å². The van der Waals surface area contributed by atoms with Gasteiger partial charge in [0.2, 0.25) is 0 Å². The van der Waals surface area contributed by atoms with Crippen LogP contribution >= 0.6 is 0 Å². The van der Waals surface area contributed by atoms with Gasteiger partial charge in [0, 0.05) is 0 Å². The number of azo groups is 1. The van der Waals surface area contributed by atoms with Crippen LogP contribution in [-0.2, 0) is 0 Å². The zero-order chi connectivity index (χ0) is 12.3. The minimum absolute atomic E-state index is 0.887. The van der Waals surface area contributed by atoms with Gasteiger partial charge in [0.05, 0.1) is 11.4 Å². The predicted molar refractivity (Wildman–Crippen MR) is 71.3 cm³/mol. The molecular weight excluding hydrogens is 208 g/mol. The van der Waals surface area contributed by atoms with Gasteiger partial charge in [-0.15, -0.1) is 0 Å². The van der Waals surface area contributed by atoms with Crippen LogP contribution in [0.1, 0.15) is 16.7 Å². The van der Waals surface area contributed by atoms with Crippen molar-refractivity contribution in [2.24, 2.45) is 10.2 Å². The highest BCUT2D eigenvalue weighted by atomic mass is 15.1. The first-order valence-corrected chi connectivity index (χ1v) is 5.71. The van der Waals surface area contributed by atoms with Crippen molar-refractivity contribution in [3.05, 3.63) is 59.2 Å². The zero-order valence-electron chi connectivity index (χ0n) is 10.4. The van der Waals surface area contributed by atoms with E-state index < -0.39 is 0 Å². The van der Waals surface area contributed by atoms with E-state index in [1.54, 1.807) is 0 Å². The molecule has 0 unspecified atom stereocenters. The summed E-state index contributed by atoms with van der Waals surface area (Å²) in [4.78, 5) is 0. The van der Waals surface area contributed by atoms with Crippen LogP contribution in [0.3, 0.4) is 0 Å². The summed E-state index contributed by atoms with van der Waals surface area (Å²) in [5.41, 5.74) is 5.39. The third-order valence-electron chi connectivity index (χ3n) is 2.74. The van der Waals surface area contributed by atoms with Gasteiger partial charge in [-0.05, 0) is 44.0 Å². The summed E-state index contributed by atoms with van der Waals surface area (Å²) in [6.07, 6.45) is 0. The summed E-state index contributed by atoms with van der Waals surface area (Å²) >= 11 is 0. The maximum absolute atomic E-state index is 4.33. The second kappa shape index (κ2) is 4.91. The fourth-order valence-corrected chi connectivity index (χ4v) is 1.68. The molecule has 2 aromatic carbocycles. The number of hydrogen-bond donors (Lipinski definition) is 0. The molecule has 0 aliphatic carbocycles. The molecule has 17 heavy (non-hydrogen) atoms. The molecule has 0 radical (unpaired) electrons. The molecule has 0 N–H and O–H groups in total. The summed E-state index contributed by atoms with van der Waals surface area (Å²) in [6, 6.07) is 14.2. The molecule has 0 spiro atoms. The van der Waals surface area contributed by atoms with E-state index in [0.717, 1.165) is 22.5 Å². The lowest BCUT2D eigenvalue weighted by Crippen LogP contribution is -1.78. The van der Waals surface area contributed by atoms with Gasteiger partial charge in [-0.2, -0.15) is 10.2 Å². The van der Waals surface area contributed by atoms with Crippen molar-refractivity contribution in [3.63, 3.8) is 0 Å². The van der Waals surface area contributed by atoms with E-state index in [1.165, 1.54) is 5.56 Å². The van der Waals surface area contributed by atoms with E-state index in [9.17, 15) is 0 Å². The van der Waals surface area contributed by atoms with Crippen molar-refractivity contribution in [3.8, 4) is 0 Å². The summed E-state index contributed by atoms with van der Waals surface area (Å²) in [7, 11) is 0. The minimum atomic E-state index is 0.887. The Hall–Kier alpha value is -1.96. The number of nitrogens with zero attached hydrogens (tertiary/aromatic N) is 2. The Morgan fingerprint density at radius 1 is 0.706 bits per heavy atom. The number of rotatable bonds is 2. The van der Waals surface area contributed by atoms with Crippen molar-refractivity contribution in [2.45, 2.75) is 20.8 Å². The van der Waals surface area contributed by atoms with Gasteiger partial charge < -0.3 is 0 Å². The lowest BCUT2D eigenvalue weighted by Gasteiger charge is -2.02. The van der Waals surface area contributed by atoms with Crippen molar-refractivity contribution >= 4 is 11.4 Å². The third kappa shape index (κ3) is 2.78. The SMILES string of the molecule is Cc1ccc(N=Nc2c(C)cccc2C)cc1. The molecule has 0 aliphatic heterocycles. The summed E-state index contributed by atoms with van der Waals surface area (Å²) in [6.45, 7) is 6.17. The van der Waals surface area contributed by atoms with Gasteiger partial charge in [-0.1, -0.05) is 35.9 Å². The highest BCUT2D eigenvalue weighted by Crippen LogP contribution is 2.25. The second-order valence-corrected chi connectivity index (χ2v) is 4.28. The molecule has 0 saturated carbocycles. The molecular formula is C15H16N2.